The molecule has 2 fully saturated rings. The van der Waals surface area contributed by atoms with E-state index in [2.05, 4.69) is 24.1 Å². The molecular weight excluding hydrogens is 384 g/mol. The van der Waals surface area contributed by atoms with Crippen molar-refractivity contribution in [3.05, 3.63) is 10.6 Å². The van der Waals surface area contributed by atoms with Crippen LogP contribution >= 0.6 is 11.3 Å². The Bertz CT molecular complexity index is 735. The molecule has 29 heavy (non-hydrogen) atoms. The van der Waals surface area contributed by atoms with Crippen LogP contribution in [0.1, 0.15) is 56.5 Å². The van der Waals surface area contributed by atoms with Crippen LogP contribution in [0, 0.1) is 17.8 Å². The highest BCUT2D eigenvalue weighted by Gasteiger charge is 2.33. The first-order valence-corrected chi connectivity index (χ1v) is 12.1. The average molecular weight is 419 g/mol. The number of piperazine rings is 1. The number of hydrogen-bond acceptors (Lipinski definition) is 5. The minimum Gasteiger partial charge on any atom is -0.356 e. The first-order chi connectivity index (χ1) is 14.0. The largest absolute Gasteiger partial charge is 0.356 e. The fraction of sp³-hybridized carbons (Fsp3) is 0.773. The second kappa shape index (κ2) is 9.02. The Kier molecular flexibility index (Phi) is 6.42. The smallest absolute Gasteiger partial charge is 0.225 e. The van der Waals surface area contributed by atoms with E-state index in [0.717, 1.165) is 76.4 Å². The molecule has 6 nitrogen and oxygen atoms in total. The van der Waals surface area contributed by atoms with E-state index in [0.29, 0.717) is 11.8 Å². The fourth-order valence-corrected chi connectivity index (χ4v) is 5.62. The second-order valence-electron chi connectivity index (χ2n) is 9.22. The van der Waals surface area contributed by atoms with Gasteiger partial charge in [-0.3, -0.25) is 9.59 Å². The zero-order chi connectivity index (χ0) is 20.4. The Hall–Kier alpha value is -1.63. The number of rotatable bonds is 6. The van der Waals surface area contributed by atoms with Crippen molar-refractivity contribution in [1.29, 1.82) is 0 Å². The molecule has 0 bridgehead atoms. The van der Waals surface area contributed by atoms with Crippen LogP contribution in [-0.4, -0.2) is 54.4 Å². The molecule has 1 aromatic rings. The van der Waals surface area contributed by atoms with Crippen molar-refractivity contribution in [3.63, 3.8) is 0 Å². The van der Waals surface area contributed by atoms with Crippen LogP contribution in [-0.2, 0) is 22.4 Å². The zero-order valence-electron chi connectivity index (χ0n) is 17.8. The average Bonchev–Trinajstić information content (AvgIpc) is 3.09. The van der Waals surface area contributed by atoms with Crippen LogP contribution in [0.15, 0.2) is 0 Å². The molecule has 3 aliphatic rings. The first-order valence-electron chi connectivity index (χ1n) is 11.3. The van der Waals surface area contributed by atoms with Crippen LogP contribution in [0.4, 0.5) is 5.13 Å². The third-order valence-corrected chi connectivity index (χ3v) is 7.82. The van der Waals surface area contributed by atoms with Gasteiger partial charge >= 0.3 is 0 Å². The lowest BCUT2D eigenvalue weighted by Gasteiger charge is -2.38. The monoisotopic (exact) mass is 418 g/mol. The number of aryl methyl sites for hydroxylation is 1. The number of nitrogens with zero attached hydrogens (tertiary/aromatic N) is 3. The lowest BCUT2D eigenvalue weighted by Crippen LogP contribution is -2.51. The van der Waals surface area contributed by atoms with Crippen LogP contribution in [0.5, 0.6) is 0 Å². The van der Waals surface area contributed by atoms with Gasteiger partial charge < -0.3 is 15.1 Å². The summed E-state index contributed by atoms with van der Waals surface area (Å²) in [6, 6.07) is 0. The molecule has 160 valence electrons. The Morgan fingerprint density at radius 2 is 1.90 bits per heavy atom. The standard InChI is InChI=1S/C22H34N4O2S/c1-15(2)8-9-23-20(27)17-6-7-18-19(14-17)29-22(24-18)26-12-10-25(11-13-26)21(28)16-4-3-5-16/h15-17H,3-14H2,1-2H3,(H,23,27)/t17-/m0/s1. The van der Waals surface area contributed by atoms with Gasteiger partial charge in [0, 0.05) is 49.4 Å². The number of thiazole rings is 1. The maximum Gasteiger partial charge on any atom is 0.225 e. The Morgan fingerprint density at radius 3 is 2.55 bits per heavy atom. The SMILES string of the molecule is CC(C)CCNC(=O)[C@H]1CCc2nc(N3CCN(C(=O)C4CCC4)CC3)sc2C1. The third-order valence-electron chi connectivity index (χ3n) is 6.64. The molecule has 7 heteroatoms. The van der Waals surface area contributed by atoms with Crippen molar-refractivity contribution in [3.8, 4) is 0 Å². The molecule has 0 spiro atoms. The lowest BCUT2D eigenvalue weighted by molar-refractivity contribution is -0.138. The quantitative estimate of drug-likeness (QED) is 0.772. The number of fused-ring (bicyclic) bond motifs is 1. The van der Waals surface area contributed by atoms with Gasteiger partial charge in [-0.05, 0) is 44.4 Å². The molecule has 1 aromatic heterocycles. The van der Waals surface area contributed by atoms with Crippen LogP contribution < -0.4 is 10.2 Å². The van der Waals surface area contributed by atoms with Gasteiger partial charge in [0.15, 0.2) is 5.13 Å². The van der Waals surface area contributed by atoms with E-state index in [4.69, 9.17) is 4.98 Å². The maximum atomic E-state index is 12.5. The molecule has 0 aromatic carbocycles. The maximum absolute atomic E-state index is 12.5. The van der Waals surface area contributed by atoms with Crippen LogP contribution in [0.2, 0.25) is 0 Å². The number of hydrogen-bond donors (Lipinski definition) is 1. The number of aromatic nitrogens is 1. The first kappa shape index (κ1) is 20.6. The van der Waals surface area contributed by atoms with E-state index in [-0.39, 0.29) is 17.7 Å². The van der Waals surface area contributed by atoms with Crippen LogP contribution in [0.3, 0.4) is 0 Å². The van der Waals surface area contributed by atoms with E-state index < -0.39 is 0 Å². The summed E-state index contributed by atoms with van der Waals surface area (Å²) in [5.74, 6) is 1.55. The van der Waals surface area contributed by atoms with Crippen molar-refractivity contribution in [2.24, 2.45) is 17.8 Å². The predicted molar refractivity (Wildman–Crippen MR) is 116 cm³/mol. The minimum absolute atomic E-state index is 0.0832. The summed E-state index contributed by atoms with van der Waals surface area (Å²) in [6.45, 7) is 8.48. The van der Waals surface area contributed by atoms with Crippen molar-refractivity contribution >= 4 is 28.3 Å². The molecule has 2 amide bonds. The Labute approximate surface area is 178 Å². The lowest BCUT2D eigenvalue weighted by atomic mass is 9.84. The summed E-state index contributed by atoms with van der Waals surface area (Å²) in [5.41, 5.74) is 1.18. The number of carbonyl (C=O) groups excluding carboxylic acids is 2. The molecular formula is C22H34N4O2S. The van der Waals surface area contributed by atoms with Gasteiger partial charge in [0.1, 0.15) is 0 Å². The molecule has 2 heterocycles. The summed E-state index contributed by atoms with van der Waals surface area (Å²) in [4.78, 5) is 35.5. The summed E-state index contributed by atoms with van der Waals surface area (Å²) in [5, 5.41) is 4.19. The number of carbonyl (C=O) groups is 2. The topological polar surface area (TPSA) is 65.5 Å². The van der Waals surface area contributed by atoms with E-state index in [9.17, 15) is 9.59 Å². The summed E-state index contributed by atoms with van der Waals surface area (Å²) < 4.78 is 0. The number of nitrogens with one attached hydrogen (secondary N) is 1. The highest BCUT2D eigenvalue weighted by molar-refractivity contribution is 7.15. The molecule has 0 unspecified atom stereocenters. The molecule has 1 aliphatic heterocycles. The number of amides is 2. The number of anilines is 1. The highest BCUT2D eigenvalue weighted by atomic mass is 32.1. The van der Waals surface area contributed by atoms with Crippen molar-refractivity contribution in [2.75, 3.05) is 37.6 Å². The second-order valence-corrected chi connectivity index (χ2v) is 10.3. The molecule has 1 saturated heterocycles. The minimum atomic E-state index is 0.0832. The van der Waals surface area contributed by atoms with E-state index in [1.807, 2.05) is 4.90 Å². The fourth-order valence-electron chi connectivity index (χ4n) is 4.38. The predicted octanol–water partition coefficient (Wildman–Crippen LogP) is 2.86. The van der Waals surface area contributed by atoms with Crippen molar-refractivity contribution in [1.82, 2.24) is 15.2 Å². The van der Waals surface area contributed by atoms with E-state index in [1.54, 1.807) is 11.3 Å². The van der Waals surface area contributed by atoms with Gasteiger partial charge in [0.2, 0.25) is 11.8 Å². The van der Waals surface area contributed by atoms with Gasteiger partial charge in [0.25, 0.3) is 0 Å². The highest BCUT2D eigenvalue weighted by Crippen LogP contribution is 2.35. The normalized spacial score (nSPS) is 22.4. The summed E-state index contributed by atoms with van der Waals surface area (Å²) >= 11 is 1.75. The molecule has 0 radical (unpaired) electrons. The zero-order valence-corrected chi connectivity index (χ0v) is 18.6. The molecule has 2 aliphatic carbocycles. The van der Waals surface area contributed by atoms with E-state index >= 15 is 0 Å². The van der Waals surface area contributed by atoms with Crippen LogP contribution in [0.25, 0.3) is 0 Å². The van der Waals surface area contributed by atoms with Gasteiger partial charge in [0.05, 0.1) is 5.69 Å². The van der Waals surface area contributed by atoms with Crippen molar-refractivity contribution in [2.45, 2.75) is 58.8 Å². The van der Waals surface area contributed by atoms with Gasteiger partial charge in [-0.15, -0.1) is 11.3 Å². The van der Waals surface area contributed by atoms with Crippen molar-refractivity contribution < 1.29 is 9.59 Å². The van der Waals surface area contributed by atoms with E-state index in [1.165, 1.54) is 17.0 Å². The molecule has 4 rings (SSSR count). The third kappa shape index (κ3) is 4.76. The Balaban J connectivity index is 1.29. The van der Waals surface area contributed by atoms with Gasteiger partial charge in [-0.25, -0.2) is 4.98 Å². The van der Waals surface area contributed by atoms with Gasteiger partial charge in [-0.2, -0.15) is 0 Å². The Morgan fingerprint density at radius 1 is 1.14 bits per heavy atom. The summed E-state index contributed by atoms with van der Waals surface area (Å²) in [7, 11) is 0. The molecule has 1 saturated carbocycles. The summed E-state index contributed by atoms with van der Waals surface area (Å²) in [6.07, 6.45) is 7.00. The molecule has 1 N–H and O–H groups in total. The molecule has 1 atom stereocenters. The van der Waals surface area contributed by atoms with Gasteiger partial charge in [-0.1, -0.05) is 20.3 Å².